The number of amides is 2. The maximum Gasteiger partial charge on any atom is 0.258 e. The summed E-state index contributed by atoms with van der Waals surface area (Å²) in [5, 5.41) is 4.75. The fourth-order valence-corrected chi connectivity index (χ4v) is 1.59. The molecule has 1 aromatic rings. The molecule has 5 nitrogen and oxygen atoms in total. The smallest absolute Gasteiger partial charge is 0.258 e. The second-order valence-electron chi connectivity index (χ2n) is 3.30. The third kappa shape index (κ3) is 2.78. The topological polar surface area (TPSA) is 70.6 Å². The molecule has 0 fully saturated rings. The van der Waals surface area contributed by atoms with E-state index in [0.29, 0.717) is 3.57 Å². The van der Waals surface area contributed by atoms with Crippen molar-refractivity contribution in [2.75, 3.05) is 6.54 Å². The third-order valence-electron chi connectivity index (χ3n) is 2.05. The minimum atomic E-state index is -0.513. The molecule has 88 valence electrons. The number of benzene rings is 1. The highest BCUT2D eigenvalue weighted by Gasteiger charge is 2.16. The van der Waals surface area contributed by atoms with E-state index in [1.165, 1.54) is 12.1 Å². The number of hydrogen-bond donors (Lipinski definition) is 2. The van der Waals surface area contributed by atoms with Gasteiger partial charge in [-0.3, -0.25) is 20.2 Å². The van der Waals surface area contributed by atoms with E-state index in [1.54, 1.807) is 0 Å². The van der Waals surface area contributed by atoms with E-state index in [-0.39, 0.29) is 24.0 Å². The van der Waals surface area contributed by atoms with Crippen LogP contribution in [-0.4, -0.2) is 24.3 Å². The predicted octanol–water partition coefficient (Wildman–Crippen LogP) is 0.646. The summed E-state index contributed by atoms with van der Waals surface area (Å²) in [7, 11) is 0. The van der Waals surface area contributed by atoms with Gasteiger partial charge in [0, 0.05) is 9.13 Å². The first-order valence-electron chi connectivity index (χ1n) is 4.67. The highest BCUT2D eigenvalue weighted by Crippen LogP contribution is 2.12. The molecule has 1 aliphatic heterocycles. The van der Waals surface area contributed by atoms with E-state index < -0.39 is 11.7 Å². The molecule has 1 aliphatic rings. The Labute approximate surface area is 110 Å². The first-order valence-corrected chi connectivity index (χ1v) is 5.75. The molecule has 0 saturated heterocycles. The van der Waals surface area contributed by atoms with Gasteiger partial charge >= 0.3 is 0 Å². The van der Waals surface area contributed by atoms with Gasteiger partial charge in [-0.25, -0.2) is 9.38 Å². The van der Waals surface area contributed by atoms with Crippen LogP contribution in [-0.2, 0) is 4.79 Å². The van der Waals surface area contributed by atoms with Crippen molar-refractivity contribution in [3.8, 4) is 0 Å². The molecule has 0 radical (unpaired) electrons. The lowest BCUT2D eigenvalue weighted by Gasteiger charge is -2.05. The monoisotopic (exact) mass is 347 g/mol. The second kappa shape index (κ2) is 4.78. The van der Waals surface area contributed by atoms with Crippen molar-refractivity contribution in [2.24, 2.45) is 4.99 Å². The number of halogens is 2. The molecule has 0 aromatic heterocycles. The van der Waals surface area contributed by atoms with Crippen LogP contribution in [0.1, 0.15) is 10.4 Å². The summed E-state index contributed by atoms with van der Waals surface area (Å²) in [6.45, 7) is -0.00331. The van der Waals surface area contributed by atoms with Crippen molar-refractivity contribution < 1.29 is 14.0 Å². The molecule has 1 heterocycles. The van der Waals surface area contributed by atoms with E-state index in [1.807, 2.05) is 22.6 Å². The predicted molar refractivity (Wildman–Crippen MR) is 67.0 cm³/mol. The van der Waals surface area contributed by atoms with Crippen LogP contribution in [0.5, 0.6) is 0 Å². The van der Waals surface area contributed by atoms with Crippen LogP contribution in [0.4, 0.5) is 4.39 Å². The molecule has 2 N–H and O–H groups in total. The number of nitrogens with zero attached hydrogens (tertiary/aromatic N) is 1. The van der Waals surface area contributed by atoms with Crippen LogP contribution >= 0.6 is 22.6 Å². The van der Waals surface area contributed by atoms with Gasteiger partial charge in [-0.2, -0.15) is 0 Å². The molecule has 0 bridgehead atoms. The SMILES string of the molecule is O=C1CN=C(NC(=O)c2ccc(I)c(F)c2)N1. The Balaban J connectivity index is 2.10. The summed E-state index contributed by atoms with van der Waals surface area (Å²) in [5.74, 6) is -1.16. The molecular formula is C10H7FIN3O2. The molecular weight excluding hydrogens is 340 g/mol. The number of rotatable bonds is 1. The third-order valence-corrected chi connectivity index (χ3v) is 2.93. The molecule has 1 aromatic carbocycles. The Bertz CT molecular complexity index is 530. The summed E-state index contributed by atoms with van der Waals surface area (Å²) in [6, 6.07) is 4.13. The molecule has 0 atom stereocenters. The van der Waals surface area contributed by atoms with Gasteiger partial charge in [-0.05, 0) is 40.8 Å². The van der Waals surface area contributed by atoms with Crippen LogP contribution in [0.15, 0.2) is 23.2 Å². The Morgan fingerprint density at radius 2 is 2.29 bits per heavy atom. The van der Waals surface area contributed by atoms with E-state index >= 15 is 0 Å². The lowest BCUT2D eigenvalue weighted by Crippen LogP contribution is -2.40. The number of hydrogen-bond acceptors (Lipinski definition) is 3. The van der Waals surface area contributed by atoms with Gasteiger partial charge in [0.15, 0.2) is 0 Å². The van der Waals surface area contributed by atoms with Crippen LogP contribution < -0.4 is 10.6 Å². The van der Waals surface area contributed by atoms with E-state index in [0.717, 1.165) is 6.07 Å². The zero-order chi connectivity index (χ0) is 12.4. The number of guanidine groups is 1. The van der Waals surface area contributed by atoms with Crippen molar-refractivity contribution in [1.29, 1.82) is 0 Å². The largest absolute Gasteiger partial charge is 0.295 e. The first kappa shape index (κ1) is 12.0. The number of aliphatic imine (C=N–C) groups is 1. The lowest BCUT2D eigenvalue weighted by molar-refractivity contribution is -0.117. The maximum atomic E-state index is 13.2. The van der Waals surface area contributed by atoms with E-state index in [9.17, 15) is 14.0 Å². The molecule has 0 saturated carbocycles. The van der Waals surface area contributed by atoms with Crippen molar-refractivity contribution in [3.63, 3.8) is 0 Å². The molecule has 7 heteroatoms. The van der Waals surface area contributed by atoms with Crippen molar-refractivity contribution in [2.45, 2.75) is 0 Å². The molecule has 0 aliphatic carbocycles. The van der Waals surface area contributed by atoms with Crippen molar-refractivity contribution in [3.05, 3.63) is 33.1 Å². The summed E-state index contributed by atoms with van der Waals surface area (Å²) >= 11 is 1.83. The minimum Gasteiger partial charge on any atom is -0.295 e. The van der Waals surface area contributed by atoms with Crippen LogP contribution in [0, 0.1) is 9.39 Å². The van der Waals surface area contributed by atoms with Gasteiger partial charge < -0.3 is 0 Å². The Morgan fingerprint density at radius 1 is 1.53 bits per heavy atom. The van der Waals surface area contributed by atoms with Crippen LogP contribution in [0.2, 0.25) is 0 Å². The Morgan fingerprint density at radius 3 is 2.88 bits per heavy atom. The summed E-state index contributed by atoms with van der Waals surface area (Å²) in [6.07, 6.45) is 0. The quantitative estimate of drug-likeness (QED) is 0.733. The standard InChI is InChI=1S/C10H7FIN3O2/c11-6-3-5(1-2-7(6)12)9(17)15-10-13-4-8(16)14-10/h1-3H,4H2,(H2,13,14,15,16,17). The highest BCUT2D eigenvalue weighted by molar-refractivity contribution is 14.1. The molecule has 0 unspecified atom stereocenters. The van der Waals surface area contributed by atoms with E-state index in [2.05, 4.69) is 15.6 Å². The van der Waals surface area contributed by atoms with Crippen LogP contribution in [0.25, 0.3) is 0 Å². The van der Waals surface area contributed by atoms with Gasteiger partial charge in [0.25, 0.3) is 5.91 Å². The zero-order valence-corrected chi connectivity index (χ0v) is 10.6. The second-order valence-corrected chi connectivity index (χ2v) is 4.46. The Hall–Kier alpha value is -1.51. The van der Waals surface area contributed by atoms with Crippen molar-refractivity contribution >= 4 is 40.4 Å². The summed E-state index contributed by atoms with van der Waals surface area (Å²) in [4.78, 5) is 26.2. The van der Waals surface area contributed by atoms with Gasteiger partial charge in [0.1, 0.15) is 12.4 Å². The Kier molecular flexibility index (Phi) is 3.36. The van der Waals surface area contributed by atoms with Gasteiger partial charge in [-0.1, -0.05) is 0 Å². The van der Waals surface area contributed by atoms with Gasteiger partial charge in [-0.15, -0.1) is 0 Å². The summed E-state index contributed by atoms with van der Waals surface area (Å²) in [5.41, 5.74) is 0.173. The number of carbonyl (C=O) groups is 2. The average molecular weight is 347 g/mol. The number of carbonyl (C=O) groups excluding carboxylic acids is 2. The normalized spacial score (nSPS) is 14.2. The fraction of sp³-hybridized carbons (Fsp3) is 0.100. The number of nitrogens with one attached hydrogen (secondary N) is 2. The van der Waals surface area contributed by atoms with Crippen molar-refractivity contribution in [1.82, 2.24) is 10.6 Å². The average Bonchev–Trinajstić information content (AvgIpc) is 2.68. The van der Waals surface area contributed by atoms with Gasteiger partial charge in [0.2, 0.25) is 11.9 Å². The summed E-state index contributed by atoms with van der Waals surface area (Å²) < 4.78 is 13.7. The van der Waals surface area contributed by atoms with E-state index in [4.69, 9.17) is 0 Å². The fourth-order valence-electron chi connectivity index (χ4n) is 1.25. The first-order chi connectivity index (χ1) is 8.06. The lowest BCUT2D eigenvalue weighted by atomic mass is 10.2. The molecule has 2 rings (SSSR count). The zero-order valence-electron chi connectivity index (χ0n) is 8.46. The van der Waals surface area contributed by atoms with Gasteiger partial charge in [0.05, 0.1) is 0 Å². The van der Waals surface area contributed by atoms with Crippen LogP contribution in [0.3, 0.4) is 0 Å². The maximum absolute atomic E-state index is 13.2. The minimum absolute atomic E-state index is 0.00331. The molecule has 0 spiro atoms. The molecule has 2 amide bonds. The molecule has 17 heavy (non-hydrogen) atoms. The highest BCUT2D eigenvalue weighted by atomic mass is 127.